The number of hydrogen-bond acceptors (Lipinski definition) is 8. The van der Waals surface area contributed by atoms with Crippen molar-refractivity contribution in [2.75, 3.05) is 42.7 Å². The van der Waals surface area contributed by atoms with Crippen molar-refractivity contribution in [2.45, 2.75) is 6.18 Å². The Bertz CT molecular complexity index is 816. The topological polar surface area (TPSA) is 116 Å². The molecule has 4 N–H and O–H groups in total. The van der Waals surface area contributed by atoms with Gasteiger partial charge in [0.25, 0.3) is 0 Å². The van der Waals surface area contributed by atoms with Gasteiger partial charge in [-0.1, -0.05) is 0 Å². The van der Waals surface area contributed by atoms with E-state index in [0.29, 0.717) is 30.7 Å². The number of nitrogens with one attached hydrogen (secondary N) is 2. The Morgan fingerprint density at radius 3 is 2.62 bits per heavy atom. The average molecular weight is 366 g/mol. The van der Waals surface area contributed by atoms with E-state index in [9.17, 15) is 13.2 Å². The van der Waals surface area contributed by atoms with Crippen LogP contribution in [-0.4, -0.2) is 42.1 Å². The number of aromatic nitrogens is 3. The molecule has 0 atom stereocenters. The number of halogens is 3. The van der Waals surface area contributed by atoms with E-state index in [1.165, 1.54) is 13.2 Å². The first-order chi connectivity index (χ1) is 12.3. The van der Waals surface area contributed by atoms with E-state index in [-0.39, 0.29) is 17.5 Å². The van der Waals surface area contributed by atoms with Crippen molar-refractivity contribution in [2.24, 2.45) is 5.73 Å². The summed E-state index contributed by atoms with van der Waals surface area (Å²) in [5, 5.41) is 14.3. The SMILES string of the molecule is CNc1nc(Nc2cnc(C#N)c(N(C)CCN)c2)ncc1C(F)(F)F. The maximum absolute atomic E-state index is 12.9. The lowest BCUT2D eigenvalue weighted by Crippen LogP contribution is -2.26. The van der Waals surface area contributed by atoms with E-state index in [0.717, 1.165) is 0 Å². The molecular weight excluding hydrogens is 349 g/mol. The van der Waals surface area contributed by atoms with E-state index in [4.69, 9.17) is 11.0 Å². The van der Waals surface area contributed by atoms with Crippen LogP contribution >= 0.6 is 0 Å². The number of pyridine rings is 1. The summed E-state index contributed by atoms with van der Waals surface area (Å²) in [7, 11) is 3.09. The molecule has 0 bridgehead atoms. The molecule has 2 aromatic rings. The van der Waals surface area contributed by atoms with Crippen molar-refractivity contribution in [1.29, 1.82) is 5.26 Å². The Labute approximate surface area is 147 Å². The summed E-state index contributed by atoms with van der Waals surface area (Å²) >= 11 is 0. The van der Waals surface area contributed by atoms with Gasteiger partial charge in [0.15, 0.2) is 5.69 Å². The Hall–Kier alpha value is -3.13. The minimum absolute atomic E-state index is 0.0405. The van der Waals surface area contributed by atoms with Crippen molar-refractivity contribution in [3.63, 3.8) is 0 Å². The minimum atomic E-state index is -4.56. The van der Waals surface area contributed by atoms with Gasteiger partial charge in [0.2, 0.25) is 5.95 Å². The molecule has 0 saturated heterocycles. The molecule has 0 saturated carbocycles. The van der Waals surface area contributed by atoms with Gasteiger partial charge in [0.1, 0.15) is 17.5 Å². The molecule has 0 aromatic carbocycles. The molecule has 0 radical (unpaired) electrons. The van der Waals surface area contributed by atoms with Crippen molar-refractivity contribution < 1.29 is 13.2 Å². The van der Waals surface area contributed by atoms with Gasteiger partial charge in [-0.25, -0.2) is 9.97 Å². The number of anilines is 4. The van der Waals surface area contributed by atoms with Gasteiger partial charge in [-0.05, 0) is 6.07 Å². The van der Waals surface area contributed by atoms with E-state index in [1.807, 2.05) is 6.07 Å². The largest absolute Gasteiger partial charge is 0.421 e. The van der Waals surface area contributed by atoms with Gasteiger partial charge < -0.3 is 21.3 Å². The summed E-state index contributed by atoms with van der Waals surface area (Å²) in [6, 6.07) is 3.61. The highest BCUT2D eigenvalue weighted by molar-refractivity contribution is 5.66. The zero-order valence-corrected chi connectivity index (χ0v) is 14.1. The molecule has 0 spiro atoms. The lowest BCUT2D eigenvalue weighted by Gasteiger charge is -2.20. The van der Waals surface area contributed by atoms with Crippen LogP contribution in [0.5, 0.6) is 0 Å². The molecule has 8 nitrogen and oxygen atoms in total. The number of rotatable bonds is 6. The predicted molar refractivity (Wildman–Crippen MR) is 91.1 cm³/mol. The fourth-order valence-corrected chi connectivity index (χ4v) is 2.18. The highest BCUT2D eigenvalue weighted by Gasteiger charge is 2.35. The molecule has 0 aliphatic heterocycles. The highest BCUT2D eigenvalue weighted by Crippen LogP contribution is 2.34. The molecule has 2 heterocycles. The number of nitrogens with zero attached hydrogens (tertiary/aromatic N) is 5. The van der Waals surface area contributed by atoms with Gasteiger partial charge in [-0.3, -0.25) is 0 Å². The second-order valence-corrected chi connectivity index (χ2v) is 5.24. The van der Waals surface area contributed by atoms with Crippen LogP contribution < -0.4 is 21.3 Å². The van der Waals surface area contributed by atoms with Crippen LogP contribution in [0, 0.1) is 11.3 Å². The second kappa shape index (κ2) is 7.83. The van der Waals surface area contributed by atoms with Crippen LogP contribution in [0.4, 0.5) is 36.3 Å². The Morgan fingerprint density at radius 2 is 2.04 bits per heavy atom. The third-order valence-corrected chi connectivity index (χ3v) is 3.44. The van der Waals surface area contributed by atoms with Crippen LogP contribution in [-0.2, 0) is 6.18 Å². The van der Waals surface area contributed by atoms with Crippen molar-refractivity contribution in [1.82, 2.24) is 15.0 Å². The zero-order valence-electron chi connectivity index (χ0n) is 14.1. The molecule has 2 rings (SSSR count). The molecule has 26 heavy (non-hydrogen) atoms. The summed E-state index contributed by atoms with van der Waals surface area (Å²) in [5.41, 5.74) is 5.71. The molecule has 0 amide bonds. The Kier molecular flexibility index (Phi) is 5.78. The van der Waals surface area contributed by atoms with Crippen molar-refractivity contribution in [3.05, 3.63) is 29.7 Å². The lowest BCUT2D eigenvalue weighted by molar-refractivity contribution is -0.137. The zero-order chi connectivity index (χ0) is 19.3. The van der Waals surface area contributed by atoms with Crippen LogP contribution in [0.3, 0.4) is 0 Å². The first kappa shape index (κ1) is 19.2. The van der Waals surface area contributed by atoms with Crippen LogP contribution in [0.2, 0.25) is 0 Å². The maximum Gasteiger partial charge on any atom is 0.421 e. The van der Waals surface area contributed by atoms with Gasteiger partial charge in [0.05, 0.1) is 17.6 Å². The van der Waals surface area contributed by atoms with Crippen molar-refractivity contribution in [3.8, 4) is 6.07 Å². The molecule has 0 aliphatic rings. The third kappa shape index (κ3) is 4.28. The average Bonchev–Trinajstić information content (AvgIpc) is 2.60. The van der Waals surface area contributed by atoms with Gasteiger partial charge in [-0.15, -0.1) is 0 Å². The fourth-order valence-electron chi connectivity index (χ4n) is 2.18. The quantitative estimate of drug-likeness (QED) is 0.710. The summed E-state index contributed by atoms with van der Waals surface area (Å²) in [6.07, 6.45) is -2.50. The van der Waals surface area contributed by atoms with E-state index >= 15 is 0 Å². The molecular formula is C15H17F3N8. The smallest absolute Gasteiger partial charge is 0.372 e. The number of alkyl halides is 3. The second-order valence-electron chi connectivity index (χ2n) is 5.24. The van der Waals surface area contributed by atoms with Crippen LogP contribution in [0.1, 0.15) is 11.3 Å². The van der Waals surface area contributed by atoms with Gasteiger partial charge >= 0.3 is 6.18 Å². The first-order valence-electron chi connectivity index (χ1n) is 7.50. The normalized spacial score (nSPS) is 11.0. The lowest BCUT2D eigenvalue weighted by atomic mass is 10.2. The number of nitriles is 1. The fraction of sp³-hybridized carbons (Fsp3) is 0.333. The Balaban J connectivity index is 2.34. The summed E-state index contributed by atoms with van der Waals surface area (Å²) in [6.45, 7) is 0.882. The number of likely N-dealkylation sites (N-methyl/N-ethyl adjacent to an activating group) is 1. The highest BCUT2D eigenvalue weighted by atomic mass is 19.4. The molecule has 11 heteroatoms. The van der Waals surface area contributed by atoms with E-state index in [1.54, 1.807) is 18.0 Å². The number of hydrogen-bond donors (Lipinski definition) is 3. The first-order valence-corrected chi connectivity index (χ1v) is 7.50. The molecule has 0 fully saturated rings. The molecule has 2 aromatic heterocycles. The number of nitrogens with two attached hydrogens (primary N) is 1. The maximum atomic E-state index is 12.9. The Morgan fingerprint density at radius 1 is 1.31 bits per heavy atom. The summed E-state index contributed by atoms with van der Waals surface area (Å²) in [4.78, 5) is 13.3. The predicted octanol–water partition coefficient (Wildman–Crippen LogP) is 1.94. The van der Waals surface area contributed by atoms with E-state index < -0.39 is 11.7 Å². The summed E-state index contributed by atoms with van der Waals surface area (Å²) in [5.74, 6) is -0.390. The van der Waals surface area contributed by atoms with Crippen LogP contribution in [0.15, 0.2) is 18.5 Å². The standard InChI is InChI=1S/C15H17F3N8/c1-21-13-10(15(16,17)18)8-23-14(25-13)24-9-5-12(26(2)4-3-19)11(6-20)22-7-9/h5,7-8H,3-4,19H2,1-2H3,(H2,21,23,24,25). The monoisotopic (exact) mass is 366 g/mol. The van der Waals surface area contributed by atoms with Gasteiger partial charge in [0, 0.05) is 33.4 Å². The van der Waals surface area contributed by atoms with Crippen LogP contribution in [0.25, 0.3) is 0 Å². The molecule has 0 unspecified atom stereocenters. The summed E-state index contributed by atoms with van der Waals surface area (Å²) < 4.78 is 38.7. The molecule has 138 valence electrons. The molecule has 0 aliphatic carbocycles. The minimum Gasteiger partial charge on any atom is -0.372 e. The van der Waals surface area contributed by atoms with Gasteiger partial charge in [-0.2, -0.15) is 23.4 Å². The third-order valence-electron chi connectivity index (χ3n) is 3.44. The van der Waals surface area contributed by atoms with E-state index in [2.05, 4.69) is 25.6 Å². The van der Waals surface area contributed by atoms with Crippen molar-refractivity contribution >= 4 is 23.1 Å².